The summed E-state index contributed by atoms with van der Waals surface area (Å²) in [5.74, 6) is -0.162. The lowest BCUT2D eigenvalue weighted by Crippen LogP contribution is -2.16. The quantitative estimate of drug-likeness (QED) is 0.666. The summed E-state index contributed by atoms with van der Waals surface area (Å²) >= 11 is 6.82. The maximum Gasteiger partial charge on any atom is 0.274 e. The molecule has 0 bridgehead atoms. The SMILES string of the molecule is CCc1nc2ccc(Br)cn2c1C(=O)Nc1ccc(Br)cc1. The molecule has 0 atom stereocenters. The first kappa shape index (κ1) is 15.2. The van der Waals surface area contributed by atoms with Gasteiger partial charge in [0.15, 0.2) is 0 Å². The van der Waals surface area contributed by atoms with Crippen molar-refractivity contribution in [1.29, 1.82) is 0 Å². The van der Waals surface area contributed by atoms with Crippen molar-refractivity contribution in [3.8, 4) is 0 Å². The van der Waals surface area contributed by atoms with E-state index in [1.165, 1.54) is 0 Å². The molecule has 3 aromatic rings. The van der Waals surface area contributed by atoms with Crippen LogP contribution in [0.2, 0.25) is 0 Å². The average Bonchev–Trinajstić information content (AvgIpc) is 2.87. The fourth-order valence-electron chi connectivity index (χ4n) is 2.28. The van der Waals surface area contributed by atoms with E-state index in [4.69, 9.17) is 0 Å². The number of halogens is 2. The highest BCUT2D eigenvalue weighted by Gasteiger charge is 2.18. The molecule has 0 unspecified atom stereocenters. The number of aromatic nitrogens is 2. The first-order valence-corrected chi connectivity index (χ1v) is 8.40. The summed E-state index contributed by atoms with van der Waals surface area (Å²) < 4.78 is 3.69. The highest BCUT2D eigenvalue weighted by molar-refractivity contribution is 9.10. The van der Waals surface area contributed by atoms with Crippen LogP contribution < -0.4 is 5.32 Å². The molecule has 0 aliphatic rings. The third-order valence-corrected chi connectivity index (χ3v) is 4.30. The molecule has 0 saturated heterocycles. The molecule has 112 valence electrons. The zero-order chi connectivity index (χ0) is 15.7. The van der Waals surface area contributed by atoms with E-state index in [0.717, 1.165) is 26.0 Å². The van der Waals surface area contributed by atoms with Crippen molar-refractivity contribution in [2.75, 3.05) is 5.32 Å². The van der Waals surface area contributed by atoms with Crippen molar-refractivity contribution in [3.63, 3.8) is 0 Å². The van der Waals surface area contributed by atoms with Gasteiger partial charge in [-0.05, 0) is 58.7 Å². The van der Waals surface area contributed by atoms with Gasteiger partial charge in [-0.2, -0.15) is 0 Å². The Bertz CT molecular complexity index is 840. The van der Waals surface area contributed by atoms with Crippen LogP contribution in [-0.2, 0) is 6.42 Å². The number of benzene rings is 1. The lowest BCUT2D eigenvalue weighted by Gasteiger charge is -2.07. The van der Waals surface area contributed by atoms with Crippen LogP contribution >= 0.6 is 31.9 Å². The van der Waals surface area contributed by atoms with Crippen molar-refractivity contribution in [1.82, 2.24) is 9.38 Å². The van der Waals surface area contributed by atoms with Crippen molar-refractivity contribution in [2.24, 2.45) is 0 Å². The number of rotatable bonds is 3. The number of hydrogen-bond donors (Lipinski definition) is 1. The number of anilines is 1. The van der Waals surface area contributed by atoms with Crippen LogP contribution in [0.15, 0.2) is 51.5 Å². The van der Waals surface area contributed by atoms with Gasteiger partial charge in [-0.3, -0.25) is 9.20 Å². The van der Waals surface area contributed by atoms with E-state index < -0.39 is 0 Å². The first-order chi connectivity index (χ1) is 10.6. The molecule has 2 heterocycles. The number of pyridine rings is 1. The maximum absolute atomic E-state index is 12.7. The molecule has 0 aliphatic carbocycles. The second kappa shape index (κ2) is 6.22. The minimum absolute atomic E-state index is 0.162. The number of fused-ring (bicyclic) bond motifs is 1. The predicted octanol–water partition coefficient (Wildman–Crippen LogP) is 4.67. The molecule has 0 fully saturated rings. The van der Waals surface area contributed by atoms with E-state index in [1.807, 2.05) is 53.9 Å². The normalized spacial score (nSPS) is 10.9. The Hall–Kier alpha value is -1.66. The van der Waals surface area contributed by atoms with Crippen LogP contribution in [0.25, 0.3) is 5.65 Å². The lowest BCUT2D eigenvalue weighted by molar-refractivity contribution is 0.102. The van der Waals surface area contributed by atoms with Gasteiger partial charge in [-0.15, -0.1) is 0 Å². The van der Waals surface area contributed by atoms with Crippen LogP contribution in [-0.4, -0.2) is 15.3 Å². The highest BCUT2D eigenvalue weighted by atomic mass is 79.9. The Labute approximate surface area is 144 Å². The molecule has 0 spiro atoms. The van der Waals surface area contributed by atoms with Gasteiger partial charge in [-0.1, -0.05) is 22.9 Å². The number of imidazole rings is 1. The Balaban J connectivity index is 2.02. The van der Waals surface area contributed by atoms with E-state index in [9.17, 15) is 4.79 Å². The number of aryl methyl sites for hydroxylation is 1. The number of hydrogen-bond acceptors (Lipinski definition) is 2. The van der Waals surface area contributed by atoms with Crippen LogP contribution in [0.4, 0.5) is 5.69 Å². The van der Waals surface area contributed by atoms with E-state index in [2.05, 4.69) is 42.2 Å². The van der Waals surface area contributed by atoms with Crippen LogP contribution in [0.1, 0.15) is 23.1 Å². The van der Waals surface area contributed by atoms with Gasteiger partial charge in [0.25, 0.3) is 5.91 Å². The first-order valence-electron chi connectivity index (χ1n) is 6.82. The number of carbonyl (C=O) groups excluding carboxylic acids is 1. The molecule has 0 aliphatic heterocycles. The average molecular weight is 423 g/mol. The Morgan fingerprint density at radius 2 is 1.82 bits per heavy atom. The van der Waals surface area contributed by atoms with E-state index in [0.29, 0.717) is 12.1 Å². The molecular formula is C16H13Br2N3O. The summed E-state index contributed by atoms with van der Waals surface area (Å²) in [7, 11) is 0. The molecular weight excluding hydrogens is 410 g/mol. The molecule has 1 N–H and O–H groups in total. The van der Waals surface area contributed by atoms with Crippen molar-refractivity contribution in [2.45, 2.75) is 13.3 Å². The number of amides is 1. The smallest absolute Gasteiger partial charge is 0.274 e. The van der Waals surface area contributed by atoms with Gasteiger partial charge < -0.3 is 5.32 Å². The van der Waals surface area contributed by atoms with Gasteiger partial charge >= 0.3 is 0 Å². The largest absolute Gasteiger partial charge is 0.321 e. The molecule has 0 saturated carbocycles. The monoisotopic (exact) mass is 421 g/mol. The lowest BCUT2D eigenvalue weighted by atomic mass is 10.2. The van der Waals surface area contributed by atoms with E-state index >= 15 is 0 Å². The molecule has 6 heteroatoms. The van der Waals surface area contributed by atoms with Crippen molar-refractivity contribution < 1.29 is 4.79 Å². The van der Waals surface area contributed by atoms with Gasteiger partial charge in [0, 0.05) is 20.8 Å². The molecule has 3 rings (SSSR count). The summed E-state index contributed by atoms with van der Waals surface area (Å²) in [4.78, 5) is 17.2. The molecule has 22 heavy (non-hydrogen) atoms. The zero-order valence-corrected chi connectivity index (χ0v) is 15.0. The summed E-state index contributed by atoms with van der Waals surface area (Å²) in [6.45, 7) is 1.99. The molecule has 2 aromatic heterocycles. The van der Waals surface area contributed by atoms with Gasteiger partial charge in [0.05, 0.1) is 5.69 Å². The standard InChI is InChI=1S/C16H13Br2N3O/c1-2-13-15(21-9-11(18)5-8-14(21)20-13)16(22)19-12-6-3-10(17)4-7-12/h3-9H,2H2,1H3,(H,19,22). The summed E-state index contributed by atoms with van der Waals surface area (Å²) in [5.41, 5.74) is 2.87. The minimum Gasteiger partial charge on any atom is -0.321 e. The van der Waals surface area contributed by atoms with Crippen molar-refractivity contribution in [3.05, 3.63) is 62.9 Å². The summed E-state index contributed by atoms with van der Waals surface area (Å²) in [5, 5.41) is 2.92. The zero-order valence-electron chi connectivity index (χ0n) is 11.8. The number of carbonyl (C=O) groups is 1. The summed E-state index contributed by atoms with van der Waals surface area (Å²) in [6, 6.07) is 11.3. The number of nitrogens with one attached hydrogen (secondary N) is 1. The second-order valence-corrected chi connectivity index (χ2v) is 6.63. The highest BCUT2D eigenvalue weighted by Crippen LogP contribution is 2.20. The fourth-order valence-corrected chi connectivity index (χ4v) is 2.88. The van der Waals surface area contributed by atoms with E-state index in [1.54, 1.807) is 0 Å². The van der Waals surface area contributed by atoms with Gasteiger partial charge in [0.2, 0.25) is 0 Å². The maximum atomic E-state index is 12.7. The Kier molecular flexibility index (Phi) is 4.31. The third-order valence-electron chi connectivity index (χ3n) is 3.31. The second-order valence-electron chi connectivity index (χ2n) is 4.80. The predicted molar refractivity (Wildman–Crippen MR) is 94.4 cm³/mol. The molecule has 4 nitrogen and oxygen atoms in total. The minimum atomic E-state index is -0.162. The van der Waals surface area contributed by atoms with Crippen LogP contribution in [0.5, 0.6) is 0 Å². The van der Waals surface area contributed by atoms with Crippen LogP contribution in [0.3, 0.4) is 0 Å². The molecule has 0 radical (unpaired) electrons. The van der Waals surface area contributed by atoms with Crippen LogP contribution in [0, 0.1) is 0 Å². The topological polar surface area (TPSA) is 46.4 Å². The van der Waals surface area contributed by atoms with Gasteiger partial charge in [0.1, 0.15) is 11.3 Å². The number of nitrogens with zero attached hydrogens (tertiary/aromatic N) is 2. The molecule has 1 aromatic carbocycles. The third kappa shape index (κ3) is 2.94. The fraction of sp³-hybridized carbons (Fsp3) is 0.125. The Morgan fingerprint density at radius 3 is 2.50 bits per heavy atom. The van der Waals surface area contributed by atoms with E-state index in [-0.39, 0.29) is 5.91 Å². The summed E-state index contributed by atoms with van der Waals surface area (Å²) in [6.07, 6.45) is 2.56. The molecule has 1 amide bonds. The van der Waals surface area contributed by atoms with Crippen molar-refractivity contribution >= 4 is 49.1 Å². The van der Waals surface area contributed by atoms with Gasteiger partial charge in [-0.25, -0.2) is 4.98 Å². The Morgan fingerprint density at radius 1 is 1.14 bits per heavy atom.